The zero-order chi connectivity index (χ0) is 13.9. The average molecular weight is 271 g/mol. The number of methoxy groups -OCH3 is 1. The number of nitrogens with one attached hydrogen (secondary N) is 1. The summed E-state index contributed by atoms with van der Waals surface area (Å²) in [5.74, 6) is 0.0653. The van der Waals surface area contributed by atoms with Gasteiger partial charge in [-0.05, 0) is 41.3 Å². The highest BCUT2D eigenvalue weighted by Crippen LogP contribution is 2.25. The van der Waals surface area contributed by atoms with Crippen LogP contribution in [0.15, 0.2) is 36.4 Å². The lowest BCUT2D eigenvalue weighted by molar-refractivity contribution is 0.384. The van der Waals surface area contributed by atoms with Crippen LogP contribution in [0.1, 0.15) is 22.3 Å². The van der Waals surface area contributed by atoms with Crippen molar-refractivity contribution in [3.63, 3.8) is 0 Å². The van der Waals surface area contributed by atoms with Crippen LogP contribution in [0.25, 0.3) is 0 Å². The molecule has 3 heteroatoms. The molecule has 2 aromatic rings. The smallest absolute Gasteiger partial charge is 0.168 e. The summed E-state index contributed by atoms with van der Waals surface area (Å²) in [6.45, 7) is 1.90. The second-order valence-electron chi connectivity index (χ2n) is 5.09. The Morgan fingerprint density at radius 1 is 1.15 bits per heavy atom. The third-order valence-electron chi connectivity index (χ3n) is 3.88. The van der Waals surface area contributed by atoms with E-state index in [1.165, 1.54) is 23.8 Å². The van der Waals surface area contributed by atoms with Crippen LogP contribution in [0.3, 0.4) is 0 Å². The highest BCUT2D eigenvalue weighted by molar-refractivity contribution is 5.41. The molecule has 104 valence electrons. The van der Waals surface area contributed by atoms with Crippen molar-refractivity contribution in [2.24, 2.45) is 0 Å². The van der Waals surface area contributed by atoms with Crippen LogP contribution >= 0.6 is 0 Å². The van der Waals surface area contributed by atoms with Crippen LogP contribution in [0, 0.1) is 5.82 Å². The molecule has 0 radical (unpaired) electrons. The van der Waals surface area contributed by atoms with Crippen molar-refractivity contribution >= 4 is 0 Å². The minimum absolute atomic E-state index is 0.249. The summed E-state index contributed by atoms with van der Waals surface area (Å²) in [5.41, 5.74) is 4.61. The summed E-state index contributed by atoms with van der Waals surface area (Å²) in [5, 5.41) is 3.37. The van der Waals surface area contributed by atoms with Gasteiger partial charge in [0, 0.05) is 13.0 Å². The van der Waals surface area contributed by atoms with E-state index in [-0.39, 0.29) is 5.82 Å². The lowest BCUT2D eigenvalue weighted by Gasteiger charge is -2.20. The number of ether oxygens (including phenoxy) is 1. The van der Waals surface area contributed by atoms with Crippen LogP contribution in [0.2, 0.25) is 0 Å². The van der Waals surface area contributed by atoms with E-state index in [1.54, 1.807) is 6.07 Å². The van der Waals surface area contributed by atoms with Gasteiger partial charge in [-0.1, -0.05) is 30.3 Å². The van der Waals surface area contributed by atoms with Crippen LogP contribution in [0.4, 0.5) is 4.39 Å². The van der Waals surface area contributed by atoms with E-state index in [4.69, 9.17) is 4.74 Å². The van der Waals surface area contributed by atoms with Gasteiger partial charge in [-0.3, -0.25) is 0 Å². The predicted octanol–water partition coefficient (Wildman–Crippen LogP) is 3.07. The van der Waals surface area contributed by atoms with Crippen molar-refractivity contribution in [1.82, 2.24) is 5.32 Å². The molecular formula is C17H18FNO. The van der Waals surface area contributed by atoms with E-state index in [9.17, 15) is 4.39 Å². The van der Waals surface area contributed by atoms with Crippen molar-refractivity contribution in [2.45, 2.75) is 19.4 Å². The molecule has 3 rings (SSSR count). The van der Waals surface area contributed by atoms with Gasteiger partial charge >= 0.3 is 0 Å². The minimum Gasteiger partial charge on any atom is -0.494 e. The van der Waals surface area contributed by atoms with Gasteiger partial charge in [-0.15, -0.1) is 0 Å². The molecule has 1 heterocycles. The maximum absolute atomic E-state index is 14.3. The van der Waals surface area contributed by atoms with Crippen molar-refractivity contribution < 1.29 is 9.13 Å². The fourth-order valence-electron chi connectivity index (χ4n) is 2.83. The highest BCUT2D eigenvalue weighted by Gasteiger charge is 2.15. The fourth-order valence-corrected chi connectivity index (χ4v) is 2.83. The van der Waals surface area contributed by atoms with Crippen LogP contribution in [-0.2, 0) is 19.4 Å². The van der Waals surface area contributed by atoms with E-state index in [1.807, 2.05) is 12.1 Å². The van der Waals surface area contributed by atoms with Crippen LogP contribution < -0.4 is 10.1 Å². The molecule has 0 fully saturated rings. The van der Waals surface area contributed by atoms with E-state index in [2.05, 4.69) is 23.5 Å². The lowest BCUT2D eigenvalue weighted by Crippen LogP contribution is -2.24. The molecule has 0 aliphatic carbocycles. The zero-order valence-corrected chi connectivity index (χ0v) is 11.6. The van der Waals surface area contributed by atoms with Crippen molar-refractivity contribution in [2.75, 3.05) is 13.7 Å². The van der Waals surface area contributed by atoms with Gasteiger partial charge in [0.05, 0.1) is 7.11 Å². The number of rotatable bonds is 3. The Bertz CT molecular complexity index is 624. The molecule has 0 atom stereocenters. The maximum atomic E-state index is 14.3. The summed E-state index contributed by atoms with van der Waals surface area (Å²) in [7, 11) is 1.50. The number of halogens is 1. The predicted molar refractivity (Wildman–Crippen MR) is 77.6 cm³/mol. The second-order valence-corrected chi connectivity index (χ2v) is 5.09. The van der Waals surface area contributed by atoms with E-state index < -0.39 is 0 Å². The van der Waals surface area contributed by atoms with E-state index in [0.717, 1.165) is 19.5 Å². The molecule has 2 nitrogen and oxygen atoms in total. The normalized spacial score (nSPS) is 13.9. The van der Waals surface area contributed by atoms with Crippen LogP contribution in [0.5, 0.6) is 5.75 Å². The van der Waals surface area contributed by atoms with E-state index >= 15 is 0 Å². The van der Waals surface area contributed by atoms with Crippen molar-refractivity contribution in [1.29, 1.82) is 0 Å². The first kappa shape index (κ1) is 13.1. The van der Waals surface area contributed by atoms with Crippen molar-refractivity contribution in [3.05, 3.63) is 64.5 Å². The van der Waals surface area contributed by atoms with Gasteiger partial charge in [-0.25, -0.2) is 4.39 Å². The highest BCUT2D eigenvalue weighted by atomic mass is 19.1. The molecule has 0 aromatic heterocycles. The third-order valence-corrected chi connectivity index (χ3v) is 3.88. The SMILES string of the molecule is COc1cccc(Cc2cccc3c2CCNC3)c1F. The molecule has 0 saturated heterocycles. The summed E-state index contributed by atoms with van der Waals surface area (Å²) in [6, 6.07) is 11.6. The van der Waals surface area contributed by atoms with Gasteiger partial charge < -0.3 is 10.1 Å². The summed E-state index contributed by atoms with van der Waals surface area (Å²) in [6.07, 6.45) is 1.63. The summed E-state index contributed by atoms with van der Waals surface area (Å²) < 4.78 is 19.3. The number of benzene rings is 2. The van der Waals surface area contributed by atoms with Crippen LogP contribution in [-0.4, -0.2) is 13.7 Å². The quantitative estimate of drug-likeness (QED) is 0.926. The van der Waals surface area contributed by atoms with Gasteiger partial charge in [0.25, 0.3) is 0 Å². The Kier molecular flexibility index (Phi) is 3.70. The zero-order valence-electron chi connectivity index (χ0n) is 11.6. The molecule has 0 unspecified atom stereocenters. The molecular weight excluding hydrogens is 253 g/mol. The molecule has 1 aliphatic heterocycles. The molecule has 20 heavy (non-hydrogen) atoms. The first-order valence-electron chi connectivity index (χ1n) is 6.91. The molecule has 0 amide bonds. The maximum Gasteiger partial charge on any atom is 0.168 e. The Morgan fingerprint density at radius 3 is 2.80 bits per heavy atom. The van der Waals surface area contributed by atoms with Gasteiger partial charge in [0.15, 0.2) is 11.6 Å². The topological polar surface area (TPSA) is 21.3 Å². The summed E-state index contributed by atoms with van der Waals surface area (Å²) >= 11 is 0. The Hall–Kier alpha value is -1.87. The minimum atomic E-state index is -0.249. The van der Waals surface area contributed by atoms with Crippen molar-refractivity contribution in [3.8, 4) is 5.75 Å². The molecule has 2 aromatic carbocycles. The van der Waals surface area contributed by atoms with Gasteiger partial charge in [-0.2, -0.15) is 0 Å². The number of fused-ring (bicyclic) bond motifs is 1. The first-order valence-corrected chi connectivity index (χ1v) is 6.91. The molecule has 0 spiro atoms. The Balaban J connectivity index is 1.96. The molecule has 1 aliphatic rings. The standard InChI is InChI=1S/C17H18FNO/c1-20-16-7-3-5-13(17(16)18)10-12-4-2-6-14-11-19-9-8-15(12)14/h2-7,19H,8-11H2,1H3. The fraction of sp³-hybridized carbons (Fsp3) is 0.294. The average Bonchev–Trinajstić information content (AvgIpc) is 2.50. The Morgan fingerprint density at radius 2 is 1.95 bits per heavy atom. The lowest BCUT2D eigenvalue weighted by atomic mass is 9.91. The largest absolute Gasteiger partial charge is 0.494 e. The Labute approximate surface area is 118 Å². The third kappa shape index (κ3) is 2.41. The summed E-state index contributed by atoms with van der Waals surface area (Å²) in [4.78, 5) is 0. The van der Waals surface area contributed by atoms with Gasteiger partial charge in [0.1, 0.15) is 0 Å². The van der Waals surface area contributed by atoms with Gasteiger partial charge in [0.2, 0.25) is 0 Å². The molecule has 1 N–H and O–H groups in total. The van der Waals surface area contributed by atoms with E-state index in [0.29, 0.717) is 17.7 Å². The number of hydrogen-bond donors (Lipinski definition) is 1. The number of hydrogen-bond acceptors (Lipinski definition) is 2. The first-order chi connectivity index (χ1) is 9.79. The molecule has 0 bridgehead atoms. The monoisotopic (exact) mass is 271 g/mol. The molecule has 0 saturated carbocycles. The second kappa shape index (κ2) is 5.63.